The molecule has 0 radical (unpaired) electrons. The largest absolute Gasteiger partial charge is 0.352 e. The molecular weight excluding hydrogens is 290 g/mol. The van der Waals surface area contributed by atoms with Crippen molar-refractivity contribution < 1.29 is 9.59 Å². The number of benzene rings is 1. The van der Waals surface area contributed by atoms with E-state index in [-0.39, 0.29) is 30.4 Å². The summed E-state index contributed by atoms with van der Waals surface area (Å²) >= 11 is 0. The van der Waals surface area contributed by atoms with Crippen molar-refractivity contribution >= 4 is 11.8 Å². The summed E-state index contributed by atoms with van der Waals surface area (Å²) < 4.78 is 0. The number of carbonyl (C=O) groups excluding carboxylic acids is 2. The molecule has 2 rings (SSSR count). The summed E-state index contributed by atoms with van der Waals surface area (Å²) in [5.74, 6) is -0.270. The topological polar surface area (TPSA) is 61.4 Å². The molecule has 2 N–H and O–H groups in total. The van der Waals surface area contributed by atoms with E-state index in [1.807, 2.05) is 20.9 Å². The number of aryl methyl sites for hydroxylation is 1. The minimum Gasteiger partial charge on any atom is -0.352 e. The Hall–Kier alpha value is -1.88. The minimum atomic E-state index is -0.154. The number of amides is 2. The van der Waals surface area contributed by atoms with Crippen LogP contribution in [0.5, 0.6) is 0 Å². The molecule has 0 fully saturated rings. The lowest BCUT2D eigenvalue weighted by Crippen LogP contribution is -2.43. The first-order valence-electron chi connectivity index (χ1n) is 8.31. The van der Waals surface area contributed by atoms with E-state index in [4.69, 9.17) is 0 Å². The molecule has 1 atom stereocenters. The normalized spacial score (nSPS) is 17.0. The number of fused-ring (bicyclic) bond motifs is 1. The Kier molecular flexibility index (Phi) is 6.16. The maximum absolute atomic E-state index is 12.1. The Balaban J connectivity index is 1.86. The summed E-state index contributed by atoms with van der Waals surface area (Å²) in [6, 6.07) is 8.81. The lowest BCUT2D eigenvalue weighted by Gasteiger charge is -2.32. The quantitative estimate of drug-likeness (QED) is 0.838. The monoisotopic (exact) mass is 317 g/mol. The van der Waals surface area contributed by atoms with E-state index in [0.29, 0.717) is 6.54 Å². The van der Waals surface area contributed by atoms with Crippen molar-refractivity contribution in [2.24, 2.45) is 0 Å². The van der Waals surface area contributed by atoms with E-state index < -0.39 is 0 Å². The smallest absolute Gasteiger partial charge is 0.239 e. The standard InChI is InChI=1S/C18H27N3O2/c1-13(2)20-17(22)11-19-18(23)12-21(3)16-10-6-8-14-7-4-5-9-15(14)16/h4-5,7,9,13,16H,6,8,10-12H2,1-3H3,(H,19,23)(H,20,22)/t16-/m1/s1. The summed E-state index contributed by atoms with van der Waals surface area (Å²) in [6.45, 7) is 4.13. The van der Waals surface area contributed by atoms with Crippen LogP contribution in [0.15, 0.2) is 24.3 Å². The van der Waals surface area contributed by atoms with Gasteiger partial charge in [0.2, 0.25) is 11.8 Å². The van der Waals surface area contributed by atoms with Crippen LogP contribution in [0.3, 0.4) is 0 Å². The second-order valence-electron chi connectivity index (χ2n) is 6.52. The fourth-order valence-electron chi connectivity index (χ4n) is 3.13. The number of likely N-dealkylation sites (N-methyl/N-ethyl adjacent to an activating group) is 1. The zero-order chi connectivity index (χ0) is 16.8. The molecule has 0 spiro atoms. The lowest BCUT2D eigenvalue weighted by atomic mass is 9.87. The molecule has 1 aromatic rings. The van der Waals surface area contributed by atoms with Gasteiger partial charge in [0.15, 0.2) is 0 Å². The fraction of sp³-hybridized carbons (Fsp3) is 0.556. The van der Waals surface area contributed by atoms with Crippen LogP contribution >= 0.6 is 0 Å². The van der Waals surface area contributed by atoms with E-state index in [1.54, 1.807) is 0 Å². The first-order valence-corrected chi connectivity index (χ1v) is 8.31. The molecule has 0 heterocycles. The molecule has 0 aromatic heterocycles. The highest BCUT2D eigenvalue weighted by Crippen LogP contribution is 2.33. The Labute approximate surface area is 138 Å². The van der Waals surface area contributed by atoms with Gasteiger partial charge in [-0.25, -0.2) is 0 Å². The van der Waals surface area contributed by atoms with Crippen molar-refractivity contribution in [2.75, 3.05) is 20.1 Å². The summed E-state index contributed by atoms with van der Waals surface area (Å²) in [7, 11) is 1.97. The van der Waals surface area contributed by atoms with Crippen molar-refractivity contribution in [1.82, 2.24) is 15.5 Å². The summed E-state index contributed by atoms with van der Waals surface area (Å²) in [5, 5.41) is 5.45. The predicted octanol–water partition coefficient (Wildman–Crippen LogP) is 1.64. The Bertz CT molecular complexity index is 557. The van der Waals surface area contributed by atoms with Crippen LogP contribution in [0, 0.1) is 0 Å². The highest BCUT2D eigenvalue weighted by Gasteiger charge is 2.24. The molecule has 23 heavy (non-hydrogen) atoms. The van der Waals surface area contributed by atoms with Crippen LogP contribution in [0.25, 0.3) is 0 Å². The third kappa shape index (κ3) is 5.06. The van der Waals surface area contributed by atoms with Gasteiger partial charge in [-0.15, -0.1) is 0 Å². The van der Waals surface area contributed by atoms with E-state index in [1.165, 1.54) is 11.1 Å². The second kappa shape index (κ2) is 8.11. The highest BCUT2D eigenvalue weighted by atomic mass is 16.2. The van der Waals surface area contributed by atoms with Gasteiger partial charge < -0.3 is 10.6 Å². The number of hydrogen-bond acceptors (Lipinski definition) is 3. The maximum Gasteiger partial charge on any atom is 0.239 e. The van der Waals surface area contributed by atoms with Crippen LogP contribution in [0.2, 0.25) is 0 Å². The number of rotatable bonds is 6. The van der Waals surface area contributed by atoms with Gasteiger partial charge in [-0.3, -0.25) is 14.5 Å². The van der Waals surface area contributed by atoms with Crippen molar-refractivity contribution in [3.05, 3.63) is 35.4 Å². The van der Waals surface area contributed by atoms with Gasteiger partial charge in [0.05, 0.1) is 13.1 Å². The molecule has 0 saturated heterocycles. The average Bonchev–Trinajstić information content (AvgIpc) is 2.51. The van der Waals surface area contributed by atoms with Crippen LogP contribution in [-0.4, -0.2) is 42.9 Å². The third-order valence-electron chi connectivity index (χ3n) is 4.16. The Morgan fingerprint density at radius 3 is 2.74 bits per heavy atom. The lowest BCUT2D eigenvalue weighted by molar-refractivity contribution is -0.127. The summed E-state index contributed by atoms with van der Waals surface area (Å²) in [4.78, 5) is 25.7. The summed E-state index contributed by atoms with van der Waals surface area (Å²) in [6.07, 6.45) is 3.32. The molecule has 1 aliphatic carbocycles. The van der Waals surface area contributed by atoms with Gasteiger partial charge in [-0.1, -0.05) is 24.3 Å². The van der Waals surface area contributed by atoms with Gasteiger partial charge >= 0.3 is 0 Å². The molecule has 0 unspecified atom stereocenters. The number of carbonyl (C=O) groups is 2. The zero-order valence-electron chi connectivity index (χ0n) is 14.3. The van der Waals surface area contributed by atoms with Gasteiger partial charge in [0.1, 0.15) is 0 Å². The van der Waals surface area contributed by atoms with Crippen molar-refractivity contribution in [2.45, 2.75) is 45.2 Å². The molecular formula is C18H27N3O2. The van der Waals surface area contributed by atoms with Crippen LogP contribution in [0.4, 0.5) is 0 Å². The van der Waals surface area contributed by atoms with Crippen molar-refractivity contribution in [3.8, 4) is 0 Å². The van der Waals surface area contributed by atoms with E-state index in [9.17, 15) is 9.59 Å². The molecule has 1 aliphatic rings. The molecule has 0 bridgehead atoms. The molecule has 0 saturated carbocycles. The number of hydrogen-bond donors (Lipinski definition) is 2. The highest BCUT2D eigenvalue weighted by molar-refractivity contribution is 5.85. The predicted molar refractivity (Wildman–Crippen MR) is 91.0 cm³/mol. The number of nitrogens with one attached hydrogen (secondary N) is 2. The molecule has 5 nitrogen and oxygen atoms in total. The third-order valence-corrected chi connectivity index (χ3v) is 4.16. The molecule has 1 aromatic carbocycles. The van der Waals surface area contributed by atoms with Crippen LogP contribution in [0.1, 0.15) is 43.9 Å². The second-order valence-corrected chi connectivity index (χ2v) is 6.52. The molecule has 2 amide bonds. The van der Waals surface area contributed by atoms with Gasteiger partial charge in [-0.2, -0.15) is 0 Å². The van der Waals surface area contributed by atoms with Gasteiger partial charge in [0, 0.05) is 12.1 Å². The molecule has 126 valence electrons. The molecule has 0 aliphatic heterocycles. The fourth-order valence-corrected chi connectivity index (χ4v) is 3.13. The van der Waals surface area contributed by atoms with Gasteiger partial charge in [0.25, 0.3) is 0 Å². The SMILES string of the molecule is CC(C)NC(=O)CNC(=O)CN(C)[C@@H]1CCCc2ccccc21. The number of nitrogens with zero attached hydrogens (tertiary/aromatic N) is 1. The zero-order valence-corrected chi connectivity index (χ0v) is 14.3. The first-order chi connectivity index (χ1) is 11.0. The van der Waals surface area contributed by atoms with Gasteiger partial charge in [-0.05, 0) is 51.3 Å². The average molecular weight is 317 g/mol. The van der Waals surface area contributed by atoms with E-state index >= 15 is 0 Å². The van der Waals surface area contributed by atoms with Crippen molar-refractivity contribution in [1.29, 1.82) is 0 Å². The Morgan fingerprint density at radius 1 is 1.26 bits per heavy atom. The van der Waals surface area contributed by atoms with Crippen LogP contribution < -0.4 is 10.6 Å². The minimum absolute atomic E-state index is 0.0338. The first kappa shape index (κ1) is 17.5. The van der Waals surface area contributed by atoms with Crippen molar-refractivity contribution in [3.63, 3.8) is 0 Å². The Morgan fingerprint density at radius 2 is 2.00 bits per heavy atom. The maximum atomic E-state index is 12.1. The molecule has 5 heteroatoms. The van der Waals surface area contributed by atoms with E-state index in [2.05, 4.69) is 39.8 Å². The van der Waals surface area contributed by atoms with Crippen LogP contribution in [-0.2, 0) is 16.0 Å². The summed E-state index contributed by atoms with van der Waals surface area (Å²) in [5.41, 5.74) is 2.71. The van der Waals surface area contributed by atoms with E-state index in [0.717, 1.165) is 19.3 Å².